The summed E-state index contributed by atoms with van der Waals surface area (Å²) in [4.78, 5) is 19.3. The van der Waals surface area contributed by atoms with Crippen LogP contribution in [-0.4, -0.2) is 30.1 Å². The molecule has 0 saturated heterocycles. The monoisotopic (exact) mass is 155 g/mol. The van der Waals surface area contributed by atoms with E-state index in [0.29, 0.717) is 0 Å². The number of carboxylic acid groups (broad SMARTS) is 2. The molecule has 0 fully saturated rings. The molecule has 2 N–H and O–H groups in total. The molecule has 0 aromatic heterocycles. The predicted molar refractivity (Wildman–Crippen MR) is 25.5 cm³/mol. The molecule has 0 aliphatic rings. The summed E-state index contributed by atoms with van der Waals surface area (Å²) >= 11 is 0. The van der Waals surface area contributed by atoms with Crippen molar-refractivity contribution in [2.45, 2.75) is 0 Å². The number of rotatable bonds is 4. The van der Waals surface area contributed by atoms with E-state index in [9.17, 15) is 14.7 Å². The third-order valence-corrected chi connectivity index (χ3v) is 0.546. The van der Waals surface area contributed by atoms with E-state index in [2.05, 4.69) is 5.32 Å². The van der Waals surface area contributed by atoms with Crippen molar-refractivity contribution in [2.24, 2.45) is 0 Å². The van der Waals surface area contributed by atoms with Gasteiger partial charge in [0.1, 0.15) is 0 Å². The Morgan fingerprint density at radius 1 is 1.40 bits per heavy atom. The molecule has 6 heteroatoms. The van der Waals surface area contributed by atoms with Crippen molar-refractivity contribution < 1.29 is 49.4 Å². The van der Waals surface area contributed by atoms with Gasteiger partial charge in [0, 0.05) is 6.54 Å². The standard InChI is InChI=1S/C4H7NO4.Na/c6-3(7)1-5-2-4(8)9;/h5H,1-2H2,(H,6,7)(H,8,9);/q;+1/p-1. The number of carboxylic acids is 2. The molecule has 0 heterocycles. The van der Waals surface area contributed by atoms with E-state index >= 15 is 0 Å². The van der Waals surface area contributed by atoms with Crippen LogP contribution in [0.3, 0.4) is 0 Å². The minimum atomic E-state index is -1.31. The zero-order valence-electron chi connectivity index (χ0n) is 5.59. The molecule has 0 rings (SSSR count). The smallest absolute Gasteiger partial charge is 0.549 e. The zero-order valence-corrected chi connectivity index (χ0v) is 7.59. The van der Waals surface area contributed by atoms with E-state index in [1.54, 1.807) is 0 Å². The first-order valence-electron chi connectivity index (χ1n) is 2.25. The van der Waals surface area contributed by atoms with Gasteiger partial charge in [-0.05, 0) is 0 Å². The number of nitrogens with one attached hydrogen (secondary N) is 1. The maximum atomic E-state index is 9.70. The van der Waals surface area contributed by atoms with Crippen molar-refractivity contribution in [3.05, 3.63) is 0 Å². The first-order chi connectivity index (χ1) is 4.13. The van der Waals surface area contributed by atoms with Crippen molar-refractivity contribution in [1.29, 1.82) is 0 Å². The maximum absolute atomic E-state index is 9.70. The van der Waals surface area contributed by atoms with Crippen molar-refractivity contribution in [3.8, 4) is 0 Å². The van der Waals surface area contributed by atoms with E-state index < -0.39 is 18.5 Å². The van der Waals surface area contributed by atoms with Gasteiger partial charge < -0.3 is 20.3 Å². The van der Waals surface area contributed by atoms with Crippen molar-refractivity contribution >= 4 is 11.9 Å². The van der Waals surface area contributed by atoms with Gasteiger partial charge >= 0.3 is 35.5 Å². The van der Waals surface area contributed by atoms with Crippen LogP contribution in [0.25, 0.3) is 0 Å². The first kappa shape index (κ1) is 12.6. The van der Waals surface area contributed by atoms with Crippen LogP contribution in [0.15, 0.2) is 0 Å². The normalized spacial score (nSPS) is 8.00. The van der Waals surface area contributed by atoms with Gasteiger partial charge in [0.2, 0.25) is 0 Å². The molecule has 0 aromatic rings. The van der Waals surface area contributed by atoms with Gasteiger partial charge in [0.15, 0.2) is 0 Å². The van der Waals surface area contributed by atoms with Gasteiger partial charge in [-0.3, -0.25) is 4.79 Å². The third kappa shape index (κ3) is 10.8. The van der Waals surface area contributed by atoms with Crippen LogP contribution in [0.5, 0.6) is 0 Å². The Bertz CT molecular complexity index is 112. The van der Waals surface area contributed by atoms with Crippen molar-refractivity contribution in [3.63, 3.8) is 0 Å². The average molecular weight is 155 g/mol. The fourth-order valence-corrected chi connectivity index (χ4v) is 0.271. The van der Waals surface area contributed by atoms with Crippen LogP contribution in [-0.2, 0) is 9.59 Å². The maximum Gasteiger partial charge on any atom is 1.00 e. The molecule has 0 radical (unpaired) electrons. The first-order valence-corrected chi connectivity index (χ1v) is 2.25. The van der Waals surface area contributed by atoms with Crippen LogP contribution in [0.4, 0.5) is 0 Å². The number of hydrogen-bond donors (Lipinski definition) is 2. The van der Waals surface area contributed by atoms with E-state index in [-0.39, 0.29) is 36.1 Å². The Labute approximate surface area is 79.7 Å². The molecule has 10 heavy (non-hydrogen) atoms. The summed E-state index contributed by atoms with van der Waals surface area (Å²) in [7, 11) is 0. The van der Waals surface area contributed by atoms with E-state index in [1.807, 2.05) is 0 Å². The summed E-state index contributed by atoms with van der Waals surface area (Å²) in [5.41, 5.74) is 0. The largest absolute Gasteiger partial charge is 1.00 e. The summed E-state index contributed by atoms with van der Waals surface area (Å²) in [5.74, 6) is -2.40. The molecule has 0 unspecified atom stereocenters. The van der Waals surface area contributed by atoms with Crippen LogP contribution in [0.1, 0.15) is 0 Å². The van der Waals surface area contributed by atoms with Crippen LogP contribution >= 0.6 is 0 Å². The number of carbonyl (C=O) groups excluding carboxylic acids is 1. The van der Waals surface area contributed by atoms with Gasteiger partial charge in [0.05, 0.1) is 12.5 Å². The fraction of sp³-hybridized carbons (Fsp3) is 0.500. The molecule has 0 saturated carbocycles. The summed E-state index contributed by atoms with van der Waals surface area (Å²) in [6, 6.07) is 0. The third-order valence-electron chi connectivity index (χ3n) is 0.546. The summed E-state index contributed by atoms with van der Waals surface area (Å²) in [6.07, 6.45) is 0. The molecular formula is C4H6NNaO4. The molecular weight excluding hydrogens is 149 g/mol. The van der Waals surface area contributed by atoms with Gasteiger partial charge in [-0.15, -0.1) is 0 Å². The minimum Gasteiger partial charge on any atom is -0.549 e. The number of carbonyl (C=O) groups is 2. The second-order valence-electron chi connectivity index (χ2n) is 1.37. The van der Waals surface area contributed by atoms with Crippen molar-refractivity contribution in [2.75, 3.05) is 13.1 Å². The Balaban J connectivity index is 0. The zero-order chi connectivity index (χ0) is 7.28. The molecule has 0 spiro atoms. The van der Waals surface area contributed by atoms with Gasteiger partial charge in [-0.2, -0.15) is 0 Å². The molecule has 52 valence electrons. The van der Waals surface area contributed by atoms with E-state index in [1.165, 1.54) is 0 Å². The SMILES string of the molecule is O=C([O-])CNCC(=O)O.[Na+]. The van der Waals surface area contributed by atoms with Crippen LogP contribution < -0.4 is 40.0 Å². The Morgan fingerprint density at radius 3 is 2.20 bits per heavy atom. The quantitative estimate of drug-likeness (QED) is 0.395. The van der Waals surface area contributed by atoms with Crippen LogP contribution in [0.2, 0.25) is 0 Å². The summed E-state index contributed by atoms with van der Waals surface area (Å²) in [6.45, 7) is -0.778. The van der Waals surface area contributed by atoms with Crippen molar-refractivity contribution in [1.82, 2.24) is 5.32 Å². The Kier molecular flexibility index (Phi) is 8.81. The second-order valence-corrected chi connectivity index (χ2v) is 1.37. The number of aliphatic carboxylic acids is 2. The molecule has 0 amide bonds. The molecule has 5 nitrogen and oxygen atoms in total. The second kappa shape index (κ2) is 7.01. The average Bonchev–Trinajstić information content (AvgIpc) is 1.63. The molecule has 0 atom stereocenters. The van der Waals surface area contributed by atoms with E-state index in [0.717, 1.165) is 0 Å². The summed E-state index contributed by atoms with van der Waals surface area (Å²) in [5, 5.41) is 19.7. The molecule has 0 aliphatic heterocycles. The molecule has 0 bridgehead atoms. The van der Waals surface area contributed by atoms with Gasteiger partial charge in [-0.25, -0.2) is 0 Å². The topological polar surface area (TPSA) is 89.5 Å². The fourth-order valence-electron chi connectivity index (χ4n) is 0.271. The number of hydrogen-bond acceptors (Lipinski definition) is 4. The minimum absolute atomic E-state index is 0. The molecule has 0 aromatic carbocycles. The molecule has 0 aliphatic carbocycles. The summed E-state index contributed by atoms with van der Waals surface area (Å²) < 4.78 is 0. The van der Waals surface area contributed by atoms with Gasteiger partial charge in [-0.1, -0.05) is 0 Å². The Hall–Kier alpha value is -0.100. The van der Waals surface area contributed by atoms with E-state index in [4.69, 9.17) is 5.11 Å². The predicted octanol–water partition coefficient (Wildman–Crippen LogP) is -5.59. The Morgan fingerprint density at radius 2 is 1.90 bits per heavy atom. The van der Waals surface area contributed by atoms with Gasteiger partial charge in [0.25, 0.3) is 0 Å². The van der Waals surface area contributed by atoms with Crippen LogP contribution in [0, 0.1) is 0 Å².